The molecule has 7 heteroatoms. The molecule has 5 nitrogen and oxygen atoms in total. The van der Waals surface area contributed by atoms with Gasteiger partial charge in [-0.15, -0.1) is 0 Å². The summed E-state index contributed by atoms with van der Waals surface area (Å²) < 4.78 is 8.93. The van der Waals surface area contributed by atoms with Gasteiger partial charge in [0.1, 0.15) is 18.2 Å². The average Bonchev–Trinajstić information content (AvgIpc) is 2.91. The van der Waals surface area contributed by atoms with E-state index in [0.29, 0.717) is 17.2 Å². The van der Waals surface area contributed by atoms with Gasteiger partial charge in [0.2, 0.25) is 4.77 Å². The largest absolute Gasteiger partial charge is 0.489 e. The van der Waals surface area contributed by atoms with Crippen LogP contribution < -0.4 is 4.74 Å². The van der Waals surface area contributed by atoms with Gasteiger partial charge in [-0.25, -0.2) is 0 Å². The number of benzene rings is 2. The number of nitrogens with one attached hydrogen (secondary N) is 1. The Labute approximate surface area is 153 Å². The molecule has 1 heterocycles. The monoisotopic (exact) mass is 402 g/mol. The molecule has 0 amide bonds. The Bertz CT molecular complexity index is 915. The Morgan fingerprint density at radius 3 is 2.79 bits per heavy atom. The summed E-state index contributed by atoms with van der Waals surface area (Å²) in [5, 5.41) is 11.1. The molecule has 0 bridgehead atoms. The molecule has 0 unspecified atom stereocenters. The van der Waals surface area contributed by atoms with Crippen LogP contribution in [-0.4, -0.2) is 21.1 Å². The van der Waals surface area contributed by atoms with Crippen LogP contribution in [0.3, 0.4) is 0 Å². The molecule has 0 atom stereocenters. The van der Waals surface area contributed by atoms with Gasteiger partial charge in [0, 0.05) is 4.47 Å². The van der Waals surface area contributed by atoms with Gasteiger partial charge < -0.3 is 4.74 Å². The van der Waals surface area contributed by atoms with E-state index in [1.54, 1.807) is 10.9 Å². The zero-order valence-electron chi connectivity index (χ0n) is 12.9. The molecule has 24 heavy (non-hydrogen) atoms. The molecule has 1 aromatic heterocycles. The van der Waals surface area contributed by atoms with Crippen molar-refractivity contribution < 1.29 is 4.74 Å². The number of H-pyrrole nitrogens is 1. The quantitative estimate of drug-likeness (QED) is 0.505. The third-order valence-corrected chi connectivity index (χ3v) is 4.10. The number of aromatic nitrogens is 3. The summed E-state index contributed by atoms with van der Waals surface area (Å²) in [4.78, 5) is 0. The van der Waals surface area contributed by atoms with Crippen LogP contribution in [0.15, 0.2) is 58.1 Å². The smallest absolute Gasteiger partial charge is 0.216 e. The molecule has 122 valence electrons. The number of halogens is 1. The zero-order valence-corrected chi connectivity index (χ0v) is 15.3. The lowest BCUT2D eigenvalue weighted by atomic mass is 10.2. The number of rotatable bonds is 5. The summed E-state index contributed by atoms with van der Waals surface area (Å²) in [7, 11) is 0. The number of hydrogen-bond donors (Lipinski definition) is 1. The highest BCUT2D eigenvalue weighted by Gasteiger charge is 2.00. The van der Waals surface area contributed by atoms with E-state index >= 15 is 0 Å². The van der Waals surface area contributed by atoms with E-state index in [0.717, 1.165) is 21.3 Å². The molecular weight excluding hydrogens is 388 g/mol. The Morgan fingerprint density at radius 1 is 1.29 bits per heavy atom. The second-order valence-electron chi connectivity index (χ2n) is 5.12. The molecule has 0 spiro atoms. The molecule has 3 rings (SSSR count). The van der Waals surface area contributed by atoms with Crippen LogP contribution in [0.5, 0.6) is 5.75 Å². The van der Waals surface area contributed by atoms with E-state index in [2.05, 4.69) is 31.2 Å². The first kappa shape index (κ1) is 16.6. The predicted molar refractivity (Wildman–Crippen MR) is 100 cm³/mol. The van der Waals surface area contributed by atoms with E-state index in [4.69, 9.17) is 17.0 Å². The van der Waals surface area contributed by atoms with Gasteiger partial charge in [0.25, 0.3) is 0 Å². The van der Waals surface area contributed by atoms with Crippen molar-refractivity contribution in [3.63, 3.8) is 0 Å². The zero-order chi connectivity index (χ0) is 16.9. The summed E-state index contributed by atoms with van der Waals surface area (Å²) in [6, 6.07) is 15.8. The van der Waals surface area contributed by atoms with Crippen LogP contribution in [0.25, 0.3) is 0 Å². The van der Waals surface area contributed by atoms with E-state index < -0.39 is 0 Å². The van der Waals surface area contributed by atoms with Gasteiger partial charge in [0.15, 0.2) is 0 Å². The molecule has 0 aliphatic heterocycles. The second-order valence-corrected chi connectivity index (χ2v) is 6.42. The molecule has 0 fully saturated rings. The molecule has 0 aliphatic carbocycles. The number of aryl methyl sites for hydroxylation is 1. The number of nitrogens with zero attached hydrogens (tertiary/aromatic N) is 3. The molecule has 2 aromatic carbocycles. The highest BCUT2D eigenvalue weighted by Crippen LogP contribution is 2.16. The van der Waals surface area contributed by atoms with Crippen molar-refractivity contribution in [1.29, 1.82) is 0 Å². The summed E-state index contributed by atoms with van der Waals surface area (Å²) in [5.41, 5.74) is 2.03. The maximum Gasteiger partial charge on any atom is 0.216 e. The van der Waals surface area contributed by atoms with Crippen molar-refractivity contribution in [2.24, 2.45) is 5.10 Å². The molecule has 3 aromatic rings. The fourth-order valence-corrected chi connectivity index (χ4v) is 2.55. The number of ether oxygens (including phenoxy) is 1. The lowest BCUT2D eigenvalue weighted by Crippen LogP contribution is -1.97. The van der Waals surface area contributed by atoms with Gasteiger partial charge in [0.05, 0.1) is 6.21 Å². The average molecular weight is 403 g/mol. The highest BCUT2D eigenvalue weighted by molar-refractivity contribution is 9.10. The molecular formula is C17H15BrN4OS. The van der Waals surface area contributed by atoms with E-state index in [9.17, 15) is 0 Å². The minimum atomic E-state index is 0.464. The van der Waals surface area contributed by atoms with Crippen molar-refractivity contribution in [1.82, 2.24) is 14.9 Å². The van der Waals surface area contributed by atoms with E-state index in [1.807, 2.05) is 55.5 Å². The van der Waals surface area contributed by atoms with E-state index in [-0.39, 0.29) is 0 Å². The Morgan fingerprint density at radius 2 is 2.08 bits per heavy atom. The van der Waals surface area contributed by atoms with Crippen LogP contribution in [0, 0.1) is 11.7 Å². The van der Waals surface area contributed by atoms with Gasteiger partial charge in [-0.1, -0.05) is 40.2 Å². The fourth-order valence-electron chi connectivity index (χ4n) is 2.06. The third-order valence-electron chi connectivity index (χ3n) is 3.31. The predicted octanol–water partition coefficient (Wildman–Crippen LogP) is 4.47. The molecule has 0 radical (unpaired) electrons. The van der Waals surface area contributed by atoms with Crippen LogP contribution in [0.2, 0.25) is 0 Å². The van der Waals surface area contributed by atoms with Gasteiger partial charge in [-0.3, -0.25) is 5.10 Å². The second kappa shape index (κ2) is 7.55. The first-order valence-corrected chi connectivity index (χ1v) is 8.47. The SMILES string of the molecule is Cc1n[nH]c(=S)n1N=Cc1cccc(OCc2ccc(Br)cc2)c1. The summed E-state index contributed by atoms with van der Waals surface area (Å²) in [6.07, 6.45) is 1.73. The van der Waals surface area contributed by atoms with Gasteiger partial charge in [-0.05, 0) is 54.5 Å². The topological polar surface area (TPSA) is 55.2 Å². The highest BCUT2D eigenvalue weighted by atomic mass is 79.9. The van der Waals surface area contributed by atoms with Crippen LogP contribution in [0.1, 0.15) is 17.0 Å². The summed E-state index contributed by atoms with van der Waals surface area (Å²) in [5.74, 6) is 1.49. The van der Waals surface area contributed by atoms with Crippen LogP contribution in [0.4, 0.5) is 0 Å². The lowest BCUT2D eigenvalue weighted by Gasteiger charge is -2.07. The Balaban J connectivity index is 1.70. The van der Waals surface area contributed by atoms with Crippen molar-refractivity contribution in [2.45, 2.75) is 13.5 Å². The molecule has 1 N–H and O–H groups in total. The maximum absolute atomic E-state index is 5.83. The minimum absolute atomic E-state index is 0.464. The summed E-state index contributed by atoms with van der Waals surface area (Å²) >= 11 is 8.55. The van der Waals surface area contributed by atoms with Crippen LogP contribution >= 0.6 is 28.1 Å². The van der Waals surface area contributed by atoms with Gasteiger partial charge >= 0.3 is 0 Å². The van der Waals surface area contributed by atoms with Crippen LogP contribution in [-0.2, 0) is 6.61 Å². The molecule has 0 aliphatic rings. The standard InChI is InChI=1S/C17H15BrN4OS/c1-12-20-21-17(24)22(12)19-10-14-3-2-4-16(9-14)23-11-13-5-7-15(18)8-6-13/h2-10H,11H2,1H3,(H,21,24). The lowest BCUT2D eigenvalue weighted by molar-refractivity contribution is 0.306. The van der Waals surface area contributed by atoms with Crippen molar-refractivity contribution >= 4 is 34.4 Å². The van der Waals surface area contributed by atoms with E-state index in [1.165, 1.54) is 0 Å². The van der Waals surface area contributed by atoms with Crippen molar-refractivity contribution in [2.75, 3.05) is 0 Å². The Kier molecular flexibility index (Phi) is 5.22. The normalized spacial score (nSPS) is 11.1. The molecule has 0 saturated heterocycles. The number of hydrogen-bond acceptors (Lipinski definition) is 4. The first-order chi connectivity index (χ1) is 11.6. The first-order valence-electron chi connectivity index (χ1n) is 7.27. The minimum Gasteiger partial charge on any atom is -0.489 e. The maximum atomic E-state index is 5.83. The fraction of sp³-hybridized carbons (Fsp3) is 0.118. The summed E-state index contributed by atoms with van der Waals surface area (Å²) in [6.45, 7) is 2.35. The molecule has 0 saturated carbocycles. The van der Waals surface area contributed by atoms with Gasteiger partial charge in [-0.2, -0.15) is 14.9 Å². The van der Waals surface area contributed by atoms with Crippen molar-refractivity contribution in [3.8, 4) is 5.75 Å². The third kappa shape index (κ3) is 4.18. The van der Waals surface area contributed by atoms with Crippen molar-refractivity contribution in [3.05, 3.63) is 74.7 Å². The number of aromatic amines is 1. The Hall–Kier alpha value is -2.25.